The molecule has 0 radical (unpaired) electrons. The summed E-state index contributed by atoms with van der Waals surface area (Å²) >= 11 is 6.24. The van der Waals surface area contributed by atoms with E-state index in [-0.39, 0.29) is 0 Å². The molecule has 208 valence electrons. The maximum atomic E-state index is 3.26. The van der Waals surface area contributed by atoms with Crippen molar-refractivity contribution in [2.45, 2.75) is 19.6 Å². The molecule has 44 heavy (non-hydrogen) atoms. The third-order valence-electron chi connectivity index (χ3n) is 7.27. The minimum atomic E-state index is 1.13. The molecule has 8 bridgehead atoms. The van der Waals surface area contributed by atoms with Crippen molar-refractivity contribution >= 4 is 47.0 Å². The topological polar surface area (TPSA) is 0 Å². The largest absolute Gasteiger partial charge is 0.0616 e. The third-order valence-corrected chi connectivity index (χ3v) is 10.4. The summed E-state index contributed by atoms with van der Waals surface area (Å²) in [4.78, 5) is 4.53. The van der Waals surface area contributed by atoms with Gasteiger partial charge in [0.2, 0.25) is 0 Å². The molecule has 6 aromatic rings. The molecule has 6 aromatic carbocycles. The van der Waals surface area contributed by atoms with E-state index in [0.29, 0.717) is 0 Å². The molecule has 7 aliphatic heterocycles. The fourth-order valence-corrected chi connectivity index (χ4v) is 7.33. The summed E-state index contributed by atoms with van der Waals surface area (Å²) in [6.07, 6.45) is 0. The van der Waals surface area contributed by atoms with Crippen molar-refractivity contribution in [3.8, 4) is 65.5 Å². The van der Waals surface area contributed by atoms with E-state index in [9.17, 15) is 0 Å². The lowest BCUT2D eigenvalue weighted by Gasteiger charge is -2.11. The molecule has 7 aliphatic rings. The lowest BCUT2D eigenvalue weighted by atomic mass is 9.95. The summed E-state index contributed by atoms with van der Waals surface area (Å²) in [7, 11) is 0. The van der Waals surface area contributed by atoms with Gasteiger partial charge in [0.1, 0.15) is 0 Å². The minimum absolute atomic E-state index is 1.13. The molecular formula is C40H24S4. The molecule has 0 aromatic heterocycles. The Morgan fingerprint density at radius 2 is 0.455 bits per heavy atom. The van der Waals surface area contributed by atoms with Crippen LogP contribution in [-0.4, -0.2) is 0 Å². The zero-order chi connectivity index (χ0) is 29.6. The first-order valence-electron chi connectivity index (χ1n) is 14.1. The minimum Gasteiger partial charge on any atom is -0.0616 e. The highest BCUT2D eigenvalue weighted by molar-refractivity contribution is 8.07. The van der Waals surface area contributed by atoms with Crippen LogP contribution in [0.5, 0.6) is 0 Å². The van der Waals surface area contributed by atoms with Crippen molar-refractivity contribution in [2.24, 2.45) is 0 Å². The summed E-state index contributed by atoms with van der Waals surface area (Å²) in [5.41, 5.74) is 9.63. The Balaban J connectivity index is 1.22. The van der Waals surface area contributed by atoms with Crippen molar-refractivity contribution in [1.82, 2.24) is 0 Å². The first kappa shape index (κ1) is 28.6. The summed E-state index contributed by atoms with van der Waals surface area (Å²) in [6.45, 7) is 0. The first-order chi connectivity index (χ1) is 21.8. The standard InChI is InChI=1S/C40H24S4/c1-2-6-38-30-11-19-34(20-12-30)42-27-28-44-36-23-15-32(16-24-36)40-8-4-3-7-39(40)31-13-21-35(22-14-31)43-26-25-41-33-17-9-29(10-18-33)37(38)5-1/h1-24H. The number of thioether (sulfide) groups is 4. The molecular weight excluding hydrogens is 609 g/mol. The van der Waals surface area contributed by atoms with Crippen molar-refractivity contribution in [3.63, 3.8) is 0 Å². The van der Waals surface area contributed by atoms with E-state index in [1.807, 2.05) is 0 Å². The van der Waals surface area contributed by atoms with Crippen LogP contribution in [-0.2, 0) is 0 Å². The van der Waals surface area contributed by atoms with E-state index in [0.717, 1.165) is 19.6 Å². The SMILES string of the molecule is C1#CSc2ccc(cc2)-c2ccccc2-c2ccc(cc2)SC#CSc2ccc(cc2)-c2ccccc2-c2ccc(cc2)S1. The molecule has 0 amide bonds. The van der Waals surface area contributed by atoms with Gasteiger partial charge in [0.15, 0.2) is 0 Å². The van der Waals surface area contributed by atoms with Gasteiger partial charge in [-0.05, 0) is 161 Å². The molecule has 0 unspecified atom stereocenters. The fourth-order valence-electron chi connectivity index (χ4n) is 5.10. The molecule has 0 atom stereocenters. The third kappa shape index (κ3) is 6.66. The van der Waals surface area contributed by atoms with Crippen molar-refractivity contribution < 1.29 is 0 Å². The van der Waals surface area contributed by atoms with Crippen LogP contribution < -0.4 is 0 Å². The maximum Gasteiger partial charge on any atom is 0.0204 e. The van der Waals surface area contributed by atoms with Crippen LogP contribution in [0.2, 0.25) is 0 Å². The Labute approximate surface area is 276 Å². The van der Waals surface area contributed by atoms with Gasteiger partial charge >= 0.3 is 0 Å². The highest BCUT2D eigenvalue weighted by atomic mass is 32.2. The molecule has 13 rings (SSSR count). The Kier molecular flexibility index (Phi) is 8.87. The van der Waals surface area contributed by atoms with E-state index in [2.05, 4.69) is 167 Å². The average molecular weight is 633 g/mol. The van der Waals surface area contributed by atoms with Gasteiger partial charge in [-0.2, -0.15) is 0 Å². The van der Waals surface area contributed by atoms with E-state index >= 15 is 0 Å². The molecule has 7 heterocycles. The average Bonchev–Trinajstić information content (AvgIpc) is 3.09. The number of hydrogen-bond donors (Lipinski definition) is 0. The number of hydrogen-bond acceptors (Lipinski definition) is 4. The second kappa shape index (κ2) is 13.6. The molecule has 0 N–H and O–H groups in total. The second-order valence-electron chi connectivity index (χ2n) is 10.0. The van der Waals surface area contributed by atoms with Gasteiger partial charge < -0.3 is 0 Å². The first-order valence-corrected chi connectivity index (χ1v) is 17.3. The van der Waals surface area contributed by atoms with E-state index in [1.165, 1.54) is 44.5 Å². The number of rotatable bonds is 0. The van der Waals surface area contributed by atoms with E-state index in [1.54, 1.807) is 47.0 Å². The van der Waals surface area contributed by atoms with Gasteiger partial charge in [0.05, 0.1) is 0 Å². The molecule has 0 saturated heterocycles. The Morgan fingerprint density at radius 3 is 0.659 bits per heavy atom. The monoisotopic (exact) mass is 632 g/mol. The fraction of sp³-hybridized carbons (Fsp3) is 0. The summed E-state index contributed by atoms with van der Waals surface area (Å²) in [5, 5.41) is 13.1. The van der Waals surface area contributed by atoms with Crippen LogP contribution >= 0.6 is 47.0 Å². The van der Waals surface area contributed by atoms with E-state index in [4.69, 9.17) is 0 Å². The van der Waals surface area contributed by atoms with Crippen LogP contribution in [0.15, 0.2) is 165 Å². The smallest absolute Gasteiger partial charge is 0.0204 e. The highest BCUT2D eigenvalue weighted by Crippen LogP contribution is 2.36. The zero-order valence-corrected chi connectivity index (χ0v) is 26.8. The summed E-state index contributed by atoms with van der Waals surface area (Å²) in [5.74, 6) is 0. The van der Waals surface area contributed by atoms with Gasteiger partial charge in [-0.3, -0.25) is 0 Å². The highest BCUT2D eigenvalue weighted by Gasteiger charge is 2.09. The molecule has 4 heteroatoms. The van der Waals surface area contributed by atoms with Crippen LogP contribution in [0.25, 0.3) is 44.5 Å². The molecule has 0 aliphatic carbocycles. The quantitative estimate of drug-likeness (QED) is 0.153. The van der Waals surface area contributed by atoms with Gasteiger partial charge in [-0.25, -0.2) is 0 Å². The van der Waals surface area contributed by atoms with Crippen molar-refractivity contribution in [2.75, 3.05) is 0 Å². The van der Waals surface area contributed by atoms with E-state index < -0.39 is 0 Å². The predicted octanol–water partition coefficient (Wildman–Crippen LogP) is 12.3. The lowest BCUT2D eigenvalue weighted by Crippen LogP contribution is -1.85. The Hall–Kier alpha value is -4.16. The molecule has 0 fully saturated rings. The zero-order valence-electron chi connectivity index (χ0n) is 23.5. The number of benzene rings is 6. The van der Waals surface area contributed by atoms with Crippen molar-refractivity contribution in [3.05, 3.63) is 146 Å². The van der Waals surface area contributed by atoms with Crippen LogP contribution in [0.3, 0.4) is 0 Å². The predicted molar refractivity (Wildman–Crippen MR) is 194 cm³/mol. The van der Waals surface area contributed by atoms with Gasteiger partial charge in [0, 0.05) is 19.6 Å². The van der Waals surface area contributed by atoms with Crippen molar-refractivity contribution in [1.29, 1.82) is 0 Å². The lowest BCUT2D eigenvalue weighted by molar-refractivity contribution is 1.45. The summed E-state index contributed by atoms with van der Waals surface area (Å²) in [6, 6.07) is 51.9. The Morgan fingerprint density at radius 1 is 0.250 bits per heavy atom. The van der Waals surface area contributed by atoms with Crippen LogP contribution in [0, 0.1) is 21.0 Å². The van der Waals surface area contributed by atoms with Crippen LogP contribution in [0.4, 0.5) is 0 Å². The molecule has 0 saturated carbocycles. The van der Waals surface area contributed by atoms with Crippen LogP contribution in [0.1, 0.15) is 0 Å². The van der Waals surface area contributed by atoms with Gasteiger partial charge in [-0.15, -0.1) is 0 Å². The maximum absolute atomic E-state index is 3.26. The van der Waals surface area contributed by atoms with Gasteiger partial charge in [0.25, 0.3) is 0 Å². The normalized spacial score (nSPS) is 12.2. The second-order valence-corrected chi connectivity index (χ2v) is 13.5. The Bertz CT molecular complexity index is 1740. The molecule has 0 nitrogen and oxygen atoms in total. The summed E-state index contributed by atoms with van der Waals surface area (Å²) < 4.78 is 0. The van der Waals surface area contributed by atoms with Gasteiger partial charge in [-0.1, -0.05) is 97.1 Å². The molecule has 0 spiro atoms.